The molecule has 2 rings (SSSR count). The van der Waals surface area contributed by atoms with Gasteiger partial charge < -0.3 is 14.4 Å². The van der Waals surface area contributed by atoms with Gasteiger partial charge in [-0.3, -0.25) is 0 Å². The average Bonchev–Trinajstić information content (AvgIpc) is 2.55. The lowest BCUT2D eigenvalue weighted by Crippen LogP contribution is -2.13. The number of carbonyl (C=O) groups is 1. The lowest BCUT2D eigenvalue weighted by atomic mass is 10.2. The number of hydrogen-bond donors (Lipinski definition) is 1. The monoisotopic (exact) mass is 233 g/mol. The smallest absolute Gasteiger partial charge is 0.356 e. The molecule has 5 nitrogen and oxygen atoms in total. The summed E-state index contributed by atoms with van der Waals surface area (Å²) in [4.78, 5) is 17.3. The van der Waals surface area contributed by atoms with Crippen LogP contribution in [0.4, 0.5) is 0 Å². The molecule has 0 bridgehead atoms. The molecule has 90 valence electrons. The van der Waals surface area contributed by atoms with Crippen molar-refractivity contribution >= 4 is 11.5 Å². The van der Waals surface area contributed by atoms with E-state index in [0.29, 0.717) is 12.1 Å². The van der Waals surface area contributed by atoms with E-state index in [1.165, 1.54) is 0 Å². The zero-order valence-corrected chi connectivity index (χ0v) is 10.1. The van der Waals surface area contributed by atoms with Crippen LogP contribution in [-0.2, 0) is 6.54 Å². The molecular formula is C12H15N3O2. The van der Waals surface area contributed by atoms with Gasteiger partial charge in [0.1, 0.15) is 5.82 Å². The summed E-state index contributed by atoms with van der Waals surface area (Å²) in [5.74, 6) is -0.250. The predicted octanol–water partition coefficient (Wildman–Crippen LogP) is 1.40. The molecule has 2 heterocycles. The van der Waals surface area contributed by atoms with Crippen LogP contribution in [0.15, 0.2) is 18.3 Å². The van der Waals surface area contributed by atoms with Crippen LogP contribution in [0.1, 0.15) is 21.9 Å². The van der Waals surface area contributed by atoms with Gasteiger partial charge in [0.2, 0.25) is 0 Å². The molecule has 0 spiro atoms. The van der Waals surface area contributed by atoms with Crippen molar-refractivity contribution < 1.29 is 9.90 Å². The number of aryl methyl sites for hydroxylation is 1. The van der Waals surface area contributed by atoms with E-state index < -0.39 is 5.97 Å². The zero-order valence-electron chi connectivity index (χ0n) is 10.1. The Morgan fingerprint density at radius 2 is 2.24 bits per heavy atom. The number of imidazole rings is 1. The van der Waals surface area contributed by atoms with E-state index in [2.05, 4.69) is 4.98 Å². The Bertz CT molecular complexity index is 572. The third-order valence-electron chi connectivity index (χ3n) is 2.53. The van der Waals surface area contributed by atoms with Crippen molar-refractivity contribution in [3.05, 3.63) is 35.4 Å². The van der Waals surface area contributed by atoms with Gasteiger partial charge in [-0.1, -0.05) is 0 Å². The van der Waals surface area contributed by atoms with Gasteiger partial charge >= 0.3 is 5.97 Å². The first-order chi connectivity index (χ1) is 7.99. The Kier molecular flexibility index (Phi) is 2.85. The van der Waals surface area contributed by atoms with E-state index in [1.807, 2.05) is 48.6 Å². The second-order valence-corrected chi connectivity index (χ2v) is 4.38. The molecule has 0 radical (unpaired) electrons. The van der Waals surface area contributed by atoms with E-state index in [4.69, 9.17) is 5.11 Å². The maximum atomic E-state index is 11.1. The summed E-state index contributed by atoms with van der Waals surface area (Å²) >= 11 is 0. The summed E-state index contributed by atoms with van der Waals surface area (Å²) in [7, 11) is 3.85. The maximum absolute atomic E-state index is 11.1. The molecule has 0 saturated carbocycles. The molecule has 1 N–H and O–H groups in total. The van der Waals surface area contributed by atoms with Crippen LogP contribution in [0, 0.1) is 6.92 Å². The number of rotatable bonds is 3. The van der Waals surface area contributed by atoms with Crippen LogP contribution in [-0.4, -0.2) is 39.5 Å². The SMILES string of the molecule is Cc1ccn2c(CN(C)C)nc(C(=O)O)c2c1. The number of carboxylic acids is 1. The van der Waals surface area contributed by atoms with E-state index >= 15 is 0 Å². The summed E-state index contributed by atoms with van der Waals surface area (Å²) in [6, 6.07) is 3.79. The molecule has 0 aliphatic rings. The van der Waals surface area contributed by atoms with Gasteiger partial charge in [-0.15, -0.1) is 0 Å². The van der Waals surface area contributed by atoms with Crippen LogP contribution in [0.2, 0.25) is 0 Å². The van der Waals surface area contributed by atoms with Gasteiger partial charge in [-0.25, -0.2) is 9.78 Å². The Morgan fingerprint density at radius 3 is 2.82 bits per heavy atom. The highest BCUT2D eigenvalue weighted by molar-refractivity contribution is 5.93. The number of nitrogens with zero attached hydrogens (tertiary/aromatic N) is 3. The fourth-order valence-electron chi connectivity index (χ4n) is 1.81. The van der Waals surface area contributed by atoms with Gasteiger partial charge in [0.25, 0.3) is 0 Å². The summed E-state index contributed by atoms with van der Waals surface area (Å²) < 4.78 is 1.83. The molecule has 0 aliphatic carbocycles. The summed E-state index contributed by atoms with van der Waals surface area (Å²) in [5.41, 5.74) is 1.79. The molecule has 0 amide bonds. The van der Waals surface area contributed by atoms with Crippen LogP contribution in [0.3, 0.4) is 0 Å². The molecule has 0 aliphatic heterocycles. The average molecular weight is 233 g/mol. The molecule has 2 aromatic heterocycles. The number of aromatic carboxylic acids is 1. The first-order valence-corrected chi connectivity index (χ1v) is 5.34. The van der Waals surface area contributed by atoms with Gasteiger partial charge in [-0.2, -0.15) is 0 Å². The van der Waals surface area contributed by atoms with Gasteiger partial charge in [-0.05, 0) is 38.7 Å². The van der Waals surface area contributed by atoms with E-state index in [-0.39, 0.29) is 5.69 Å². The van der Waals surface area contributed by atoms with Crippen LogP contribution < -0.4 is 0 Å². The number of pyridine rings is 1. The largest absolute Gasteiger partial charge is 0.476 e. The van der Waals surface area contributed by atoms with Crippen molar-refractivity contribution in [2.24, 2.45) is 0 Å². The van der Waals surface area contributed by atoms with E-state index in [9.17, 15) is 4.79 Å². The molecule has 5 heteroatoms. The molecule has 17 heavy (non-hydrogen) atoms. The first kappa shape index (κ1) is 11.6. The standard InChI is InChI=1S/C12H15N3O2/c1-8-4-5-15-9(6-8)11(12(16)17)13-10(15)7-14(2)3/h4-6H,7H2,1-3H3,(H,16,17). The van der Waals surface area contributed by atoms with E-state index in [1.54, 1.807) is 0 Å². The fourth-order valence-corrected chi connectivity index (χ4v) is 1.81. The third kappa shape index (κ3) is 2.14. The lowest BCUT2D eigenvalue weighted by molar-refractivity contribution is 0.0693. The molecule has 2 aromatic rings. The molecule has 0 saturated heterocycles. The van der Waals surface area contributed by atoms with Crippen molar-refractivity contribution in [1.82, 2.24) is 14.3 Å². The second kappa shape index (κ2) is 4.18. The number of carboxylic acid groups (broad SMARTS) is 1. The van der Waals surface area contributed by atoms with Crippen molar-refractivity contribution in [3.8, 4) is 0 Å². The number of hydrogen-bond acceptors (Lipinski definition) is 3. The Morgan fingerprint density at radius 1 is 1.53 bits per heavy atom. The Balaban J connectivity index is 2.66. The maximum Gasteiger partial charge on any atom is 0.356 e. The van der Waals surface area contributed by atoms with Crippen molar-refractivity contribution in [1.29, 1.82) is 0 Å². The van der Waals surface area contributed by atoms with Gasteiger partial charge in [0.15, 0.2) is 5.69 Å². The van der Waals surface area contributed by atoms with Gasteiger partial charge in [0, 0.05) is 6.20 Å². The minimum absolute atomic E-state index is 0.116. The highest BCUT2D eigenvalue weighted by Gasteiger charge is 2.16. The highest BCUT2D eigenvalue weighted by Crippen LogP contribution is 2.16. The molecule has 0 fully saturated rings. The second-order valence-electron chi connectivity index (χ2n) is 4.38. The normalized spacial score (nSPS) is 11.3. The zero-order chi connectivity index (χ0) is 12.6. The van der Waals surface area contributed by atoms with Crippen LogP contribution >= 0.6 is 0 Å². The van der Waals surface area contributed by atoms with E-state index in [0.717, 1.165) is 11.4 Å². The topological polar surface area (TPSA) is 57.8 Å². The van der Waals surface area contributed by atoms with Gasteiger partial charge in [0.05, 0.1) is 12.1 Å². The molecule has 0 atom stereocenters. The van der Waals surface area contributed by atoms with Crippen molar-refractivity contribution in [3.63, 3.8) is 0 Å². The Hall–Kier alpha value is -1.88. The lowest BCUT2D eigenvalue weighted by Gasteiger charge is -2.08. The molecule has 0 aromatic carbocycles. The third-order valence-corrected chi connectivity index (χ3v) is 2.53. The van der Waals surface area contributed by atoms with Crippen LogP contribution in [0.5, 0.6) is 0 Å². The fraction of sp³-hybridized carbons (Fsp3) is 0.333. The predicted molar refractivity (Wildman–Crippen MR) is 64.3 cm³/mol. The minimum Gasteiger partial charge on any atom is -0.476 e. The molecule has 0 unspecified atom stereocenters. The Labute approximate surface area is 99.3 Å². The summed E-state index contributed by atoms with van der Waals surface area (Å²) in [5, 5.41) is 9.13. The quantitative estimate of drug-likeness (QED) is 0.870. The van der Waals surface area contributed by atoms with Crippen molar-refractivity contribution in [2.75, 3.05) is 14.1 Å². The van der Waals surface area contributed by atoms with Crippen LogP contribution in [0.25, 0.3) is 5.52 Å². The minimum atomic E-state index is -0.988. The number of aromatic nitrogens is 2. The summed E-state index contributed by atoms with van der Waals surface area (Å²) in [6.07, 6.45) is 1.86. The highest BCUT2D eigenvalue weighted by atomic mass is 16.4. The van der Waals surface area contributed by atoms with Crippen molar-refractivity contribution in [2.45, 2.75) is 13.5 Å². The molecular weight excluding hydrogens is 218 g/mol. The number of fused-ring (bicyclic) bond motifs is 1. The summed E-state index contributed by atoms with van der Waals surface area (Å²) in [6.45, 7) is 2.54. The first-order valence-electron chi connectivity index (χ1n) is 5.34.